The molecule has 0 radical (unpaired) electrons. The molecule has 2 unspecified atom stereocenters. The molecule has 55 heavy (non-hydrogen) atoms. The quantitative estimate of drug-likeness (QED) is 0.0291. The first-order valence-electron chi connectivity index (χ1n) is 21.5. The lowest BCUT2D eigenvalue weighted by atomic mass is 10.1. The summed E-state index contributed by atoms with van der Waals surface area (Å²) in [5.41, 5.74) is 0. The van der Waals surface area contributed by atoms with Crippen LogP contribution in [0.2, 0.25) is 0 Å². The van der Waals surface area contributed by atoms with Gasteiger partial charge in [-0.25, -0.2) is 4.79 Å². The monoisotopic (exact) mass is 771 g/mol. The molecular weight excluding hydrogens is 691 g/mol. The molecule has 2 atom stereocenters. The lowest BCUT2D eigenvalue weighted by molar-refractivity contribution is -0.887. The molecule has 0 aliphatic carbocycles. The van der Waals surface area contributed by atoms with Crippen molar-refractivity contribution in [2.45, 2.75) is 167 Å². The lowest BCUT2D eigenvalue weighted by Crippen LogP contribution is -2.50. The Balaban J connectivity index is 4.37. The molecule has 0 saturated heterocycles. The van der Waals surface area contributed by atoms with Crippen LogP contribution in [0, 0.1) is 0 Å². The highest BCUT2D eigenvalue weighted by molar-refractivity contribution is 5.72. The van der Waals surface area contributed by atoms with Gasteiger partial charge in [-0.1, -0.05) is 132 Å². The second-order valence-electron chi connectivity index (χ2n) is 15.2. The fourth-order valence-corrected chi connectivity index (χ4v) is 5.82. The van der Waals surface area contributed by atoms with Gasteiger partial charge in [0.2, 0.25) is 0 Å². The summed E-state index contributed by atoms with van der Waals surface area (Å²) in [5, 5.41) is 9.61. The van der Waals surface area contributed by atoms with Crippen molar-refractivity contribution in [3.8, 4) is 0 Å². The molecule has 0 fully saturated rings. The molecule has 0 aromatic carbocycles. The van der Waals surface area contributed by atoms with Crippen LogP contribution < -0.4 is 0 Å². The van der Waals surface area contributed by atoms with Gasteiger partial charge in [0.25, 0.3) is 0 Å². The summed E-state index contributed by atoms with van der Waals surface area (Å²) in [6, 6.07) is -0.622. The topological polar surface area (TPSA) is 99.1 Å². The number of carboxylic acid groups (broad SMARTS) is 1. The van der Waals surface area contributed by atoms with Gasteiger partial charge in [0.1, 0.15) is 6.61 Å². The summed E-state index contributed by atoms with van der Waals surface area (Å²) in [5.74, 6) is -1.51. The van der Waals surface area contributed by atoms with Crippen LogP contribution in [0.4, 0.5) is 0 Å². The lowest BCUT2D eigenvalue weighted by Gasteiger charge is -2.31. The Morgan fingerprint density at radius 2 is 0.964 bits per heavy atom. The first-order chi connectivity index (χ1) is 26.6. The number of esters is 2. The van der Waals surface area contributed by atoms with Gasteiger partial charge in [-0.2, -0.15) is 0 Å². The number of carboxylic acids is 1. The van der Waals surface area contributed by atoms with Crippen LogP contribution in [0.5, 0.6) is 0 Å². The fraction of sp³-hybridized carbons (Fsp3) is 0.681. The predicted octanol–water partition coefficient (Wildman–Crippen LogP) is 11.6. The van der Waals surface area contributed by atoms with Crippen molar-refractivity contribution in [2.24, 2.45) is 0 Å². The third kappa shape index (κ3) is 36.2. The Bertz CT molecular complexity index is 1130. The number of carbonyl (C=O) groups excluding carboxylic acids is 2. The average Bonchev–Trinajstić information content (AvgIpc) is 3.14. The molecule has 0 heterocycles. The summed E-state index contributed by atoms with van der Waals surface area (Å²) in [6.07, 6.45) is 46.6. The number of hydrogen-bond donors (Lipinski definition) is 1. The van der Waals surface area contributed by atoms with Crippen molar-refractivity contribution < 1.29 is 38.2 Å². The van der Waals surface area contributed by atoms with E-state index in [1.165, 1.54) is 12.8 Å². The summed E-state index contributed by atoms with van der Waals surface area (Å²) in [7, 11) is 5.50. The van der Waals surface area contributed by atoms with Gasteiger partial charge in [0.15, 0.2) is 12.1 Å². The van der Waals surface area contributed by atoms with Crippen LogP contribution in [0.1, 0.15) is 155 Å². The summed E-state index contributed by atoms with van der Waals surface area (Å²) >= 11 is 0. The van der Waals surface area contributed by atoms with Crippen molar-refractivity contribution in [2.75, 3.05) is 41.0 Å². The molecule has 0 aliphatic heterocycles. The normalized spacial score (nSPS) is 13.7. The molecule has 1 N–H and O–H groups in total. The van der Waals surface area contributed by atoms with Crippen LogP contribution in [-0.4, -0.2) is 80.6 Å². The Labute approximate surface area is 336 Å². The molecule has 314 valence electrons. The maximum absolute atomic E-state index is 12.7. The van der Waals surface area contributed by atoms with E-state index in [-0.39, 0.29) is 36.2 Å². The van der Waals surface area contributed by atoms with Gasteiger partial charge in [0, 0.05) is 19.3 Å². The fourth-order valence-electron chi connectivity index (χ4n) is 5.82. The molecule has 0 saturated carbocycles. The first kappa shape index (κ1) is 51.8. The Hall–Kier alpha value is -3.23. The Morgan fingerprint density at radius 1 is 0.545 bits per heavy atom. The summed E-state index contributed by atoms with van der Waals surface area (Å²) in [6.45, 7) is 4.46. The SMILES string of the molecule is CC/C=C/C/C=C/C/C=C/C/C=C/CCCCCCCCC(=O)OCC(COCCC(C(=O)O)[N+](C)(C)C)OC(=O)CCCCCCC/C=C/C/C=C/CC. The van der Waals surface area contributed by atoms with Gasteiger partial charge >= 0.3 is 17.9 Å². The minimum atomic E-state index is -0.883. The van der Waals surface area contributed by atoms with E-state index in [2.05, 4.69) is 86.8 Å². The number of likely N-dealkylation sites (N-methyl/N-ethyl adjacent to an activating group) is 1. The molecule has 0 aromatic heterocycles. The molecule has 8 heteroatoms. The van der Waals surface area contributed by atoms with Gasteiger partial charge in [-0.15, -0.1) is 0 Å². The van der Waals surface area contributed by atoms with Crippen LogP contribution >= 0.6 is 0 Å². The predicted molar refractivity (Wildman–Crippen MR) is 229 cm³/mol. The third-order valence-corrected chi connectivity index (χ3v) is 9.10. The number of unbranched alkanes of at least 4 members (excludes halogenated alkanes) is 11. The largest absolute Gasteiger partial charge is 0.477 e. The first-order valence-corrected chi connectivity index (χ1v) is 21.5. The van der Waals surface area contributed by atoms with Crippen molar-refractivity contribution in [1.29, 1.82) is 0 Å². The third-order valence-electron chi connectivity index (χ3n) is 9.10. The van der Waals surface area contributed by atoms with E-state index in [9.17, 15) is 19.5 Å². The zero-order chi connectivity index (χ0) is 40.7. The number of carbonyl (C=O) groups is 3. The second kappa shape index (κ2) is 37.7. The number of ether oxygens (including phenoxy) is 3. The zero-order valence-electron chi connectivity index (χ0n) is 35.6. The van der Waals surface area contributed by atoms with E-state index in [1.54, 1.807) is 0 Å². The molecule has 0 aromatic rings. The molecule has 0 bridgehead atoms. The van der Waals surface area contributed by atoms with Gasteiger partial charge in [-0.3, -0.25) is 9.59 Å². The van der Waals surface area contributed by atoms with Crippen molar-refractivity contribution in [3.63, 3.8) is 0 Å². The highest BCUT2D eigenvalue weighted by Gasteiger charge is 2.31. The molecule has 8 nitrogen and oxygen atoms in total. The number of allylic oxidation sites excluding steroid dienone is 12. The summed E-state index contributed by atoms with van der Waals surface area (Å²) < 4.78 is 17.2. The van der Waals surface area contributed by atoms with Crippen LogP contribution in [-0.2, 0) is 28.6 Å². The standard InChI is InChI=1S/C47H79NO7/c1-6-8-10-12-14-16-18-20-21-22-23-24-25-26-28-29-31-33-35-37-45(49)54-42-43(41-53-40-39-44(47(51)52)48(3,4)5)55-46(50)38-36-34-32-30-27-19-17-15-13-11-9-7-2/h8-11,14-17,20-21,23-24,43-44H,6-7,12-13,18-19,22,25-42H2,1-5H3/p+1/b10-8+,11-9+,16-14+,17-15+,21-20+,24-23+. The van der Waals surface area contributed by atoms with E-state index in [1.807, 2.05) is 21.1 Å². The van der Waals surface area contributed by atoms with Gasteiger partial charge in [0.05, 0.1) is 34.4 Å². The molecule has 0 amide bonds. The van der Waals surface area contributed by atoms with Crippen molar-refractivity contribution >= 4 is 17.9 Å². The summed E-state index contributed by atoms with van der Waals surface area (Å²) in [4.78, 5) is 36.9. The number of hydrogen-bond acceptors (Lipinski definition) is 6. The number of rotatable bonds is 37. The smallest absolute Gasteiger partial charge is 0.362 e. The molecule has 0 spiro atoms. The van der Waals surface area contributed by atoms with Crippen molar-refractivity contribution in [3.05, 3.63) is 72.9 Å². The Morgan fingerprint density at radius 3 is 1.42 bits per heavy atom. The van der Waals surface area contributed by atoms with Crippen molar-refractivity contribution in [1.82, 2.24) is 0 Å². The van der Waals surface area contributed by atoms with Gasteiger partial charge in [-0.05, 0) is 77.0 Å². The van der Waals surface area contributed by atoms with Crippen LogP contribution in [0.15, 0.2) is 72.9 Å². The minimum absolute atomic E-state index is 0.0468. The van der Waals surface area contributed by atoms with E-state index in [0.717, 1.165) is 109 Å². The van der Waals surface area contributed by atoms with Gasteiger partial charge < -0.3 is 23.8 Å². The number of nitrogens with zero attached hydrogens (tertiary/aromatic N) is 1. The maximum Gasteiger partial charge on any atom is 0.362 e. The molecular formula is C47H80NO7+. The molecule has 0 aliphatic rings. The highest BCUT2D eigenvalue weighted by Crippen LogP contribution is 2.13. The minimum Gasteiger partial charge on any atom is -0.477 e. The molecule has 0 rings (SSSR count). The highest BCUT2D eigenvalue weighted by atomic mass is 16.6. The van der Waals surface area contributed by atoms with E-state index in [0.29, 0.717) is 19.3 Å². The Kier molecular flexibility index (Phi) is 35.5. The average molecular weight is 771 g/mol. The zero-order valence-corrected chi connectivity index (χ0v) is 35.6. The second-order valence-corrected chi connectivity index (χ2v) is 15.2. The maximum atomic E-state index is 12.7. The number of aliphatic carboxylic acids is 1. The van der Waals surface area contributed by atoms with Crippen LogP contribution in [0.25, 0.3) is 0 Å². The van der Waals surface area contributed by atoms with E-state index in [4.69, 9.17) is 14.2 Å². The number of quaternary nitrogens is 1. The van der Waals surface area contributed by atoms with E-state index < -0.39 is 18.1 Å². The van der Waals surface area contributed by atoms with E-state index >= 15 is 0 Å². The van der Waals surface area contributed by atoms with Crippen LogP contribution in [0.3, 0.4) is 0 Å².